The Balaban J connectivity index is 1.82. The summed E-state index contributed by atoms with van der Waals surface area (Å²) >= 11 is 0. The van der Waals surface area contributed by atoms with Crippen LogP contribution in [0.3, 0.4) is 0 Å². The third-order valence-corrected chi connectivity index (χ3v) is 5.83. The van der Waals surface area contributed by atoms with Crippen LogP contribution in [0.15, 0.2) is 60.7 Å². The topological polar surface area (TPSA) is 72.2 Å². The highest BCUT2D eigenvalue weighted by Gasteiger charge is 2.18. The second-order valence-electron chi connectivity index (χ2n) is 8.52. The monoisotopic (exact) mass is 450 g/mol. The Hall–Kier alpha value is -2.95. The molecule has 0 fully saturated rings. The van der Waals surface area contributed by atoms with E-state index in [2.05, 4.69) is 12.2 Å². The van der Waals surface area contributed by atoms with E-state index in [4.69, 9.17) is 0 Å². The third kappa shape index (κ3) is 10.0. The van der Waals surface area contributed by atoms with Crippen molar-refractivity contribution in [3.8, 4) is 0 Å². The number of nitro groups is 1. The average Bonchev–Trinajstić information content (AvgIpc) is 2.83. The fourth-order valence-electron chi connectivity index (χ4n) is 3.98. The second-order valence-corrected chi connectivity index (χ2v) is 8.52. The summed E-state index contributed by atoms with van der Waals surface area (Å²) < 4.78 is 0. The predicted molar refractivity (Wildman–Crippen MR) is 136 cm³/mol. The normalized spacial score (nSPS) is 11.4. The molecule has 0 radical (unpaired) electrons. The summed E-state index contributed by atoms with van der Waals surface area (Å²) in [6, 6.07) is 15.9. The summed E-state index contributed by atoms with van der Waals surface area (Å²) in [6.45, 7) is 2.86. The van der Waals surface area contributed by atoms with Gasteiger partial charge < -0.3 is 5.32 Å². The number of nitrogens with one attached hydrogen (secondary N) is 1. The fourth-order valence-corrected chi connectivity index (χ4v) is 3.98. The highest BCUT2D eigenvalue weighted by atomic mass is 16.6. The van der Waals surface area contributed by atoms with E-state index in [1.54, 1.807) is 18.2 Å². The van der Waals surface area contributed by atoms with Crippen LogP contribution < -0.4 is 5.32 Å². The van der Waals surface area contributed by atoms with E-state index in [0.29, 0.717) is 17.7 Å². The molecular weight excluding hydrogens is 412 g/mol. The Labute approximate surface area is 198 Å². The summed E-state index contributed by atoms with van der Waals surface area (Å²) in [6.07, 6.45) is 15.4. The Morgan fingerprint density at radius 1 is 0.818 bits per heavy atom. The lowest BCUT2D eigenvalue weighted by atomic mass is 9.96. The van der Waals surface area contributed by atoms with Gasteiger partial charge in [0.2, 0.25) is 5.91 Å². The van der Waals surface area contributed by atoms with Crippen molar-refractivity contribution in [3.05, 3.63) is 81.9 Å². The lowest BCUT2D eigenvalue weighted by molar-refractivity contribution is -0.385. The minimum absolute atomic E-state index is 0.00855. The third-order valence-electron chi connectivity index (χ3n) is 5.83. The molecule has 2 aromatic carbocycles. The zero-order valence-electron chi connectivity index (χ0n) is 19.9. The van der Waals surface area contributed by atoms with Gasteiger partial charge >= 0.3 is 0 Å². The standard InChI is InChI=1S/C28H38N2O3/c1-2-3-4-5-6-7-8-9-10-11-17-22-29-28(31)23-26(24-18-13-12-14-19-24)25-20-15-16-21-27(25)30(32)33/h12-16,18-21,23H,2-11,17,22H2,1H3,(H,29,31)/b26-23-. The lowest BCUT2D eigenvalue weighted by Crippen LogP contribution is -2.22. The van der Waals surface area contributed by atoms with Crippen LogP contribution in [0.4, 0.5) is 5.69 Å². The van der Waals surface area contributed by atoms with Gasteiger partial charge in [-0.05, 0) is 18.1 Å². The van der Waals surface area contributed by atoms with Gasteiger partial charge in [0.05, 0.1) is 10.5 Å². The number of amides is 1. The van der Waals surface area contributed by atoms with Gasteiger partial charge in [-0.2, -0.15) is 0 Å². The van der Waals surface area contributed by atoms with Crippen LogP contribution in [0, 0.1) is 10.1 Å². The number of nitrogens with zero attached hydrogens (tertiary/aromatic N) is 1. The SMILES string of the molecule is CCCCCCCCCCCCCNC(=O)/C=C(/c1ccccc1)c1ccccc1[N+](=O)[O-]. The van der Waals surface area contributed by atoms with Gasteiger partial charge in [-0.15, -0.1) is 0 Å². The molecule has 0 aliphatic heterocycles. The molecule has 2 rings (SSSR count). The van der Waals surface area contributed by atoms with Gasteiger partial charge in [-0.1, -0.05) is 114 Å². The van der Waals surface area contributed by atoms with Crippen molar-refractivity contribution >= 4 is 17.2 Å². The first-order chi connectivity index (χ1) is 16.1. The van der Waals surface area contributed by atoms with Crippen LogP contribution in [0.2, 0.25) is 0 Å². The first-order valence-corrected chi connectivity index (χ1v) is 12.4. The molecule has 0 saturated carbocycles. The first-order valence-electron chi connectivity index (χ1n) is 12.4. The van der Waals surface area contributed by atoms with E-state index < -0.39 is 4.92 Å². The van der Waals surface area contributed by atoms with E-state index >= 15 is 0 Å². The van der Waals surface area contributed by atoms with E-state index in [1.165, 1.54) is 69.9 Å². The highest BCUT2D eigenvalue weighted by molar-refractivity contribution is 6.00. The summed E-state index contributed by atoms with van der Waals surface area (Å²) in [5, 5.41) is 14.5. The van der Waals surface area contributed by atoms with Gasteiger partial charge in [0.25, 0.3) is 5.69 Å². The summed E-state index contributed by atoms with van der Waals surface area (Å²) in [4.78, 5) is 23.7. The van der Waals surface area contributed by atoms with Gasteiger partial charge in [0.1, 0.15) is 0 Å². The maximum atomic E-state index is 12.6. The number of carbonyl (C=O) groups is 1. The molecule has 1 N–H and O–H groups in total. The molecule has 0 aliphatic carbocycles. The molecule has 5 nitrogen and oxygen atoms in total. The van der Waals surface area contributed by atoms with Gasteiger partial charge in [-0.25, -0.2) is 0 Å². The molecule has 0 spiro atoms. The molecule has 178 valence electrons. The molecule has 0 saturated heterocycles. The fraction of sp³-hybridized carbons (Fsp3) is 0.464. The molecular formula is C28H38N2O3. The molecule has 0 atom stereocenters. The van der Waals surface area contributed by atoms with Crippen molar-refractivity contribution in [1.29, 1.82) is 0 Å². The number of hydrogen-bond acceptors (Lipinski definition) is 3. The van der Waals surface area contributed by atoms with Crippen LogP contribution in [0.1, 0.15) is 88.7 Å². The highest BCUT2D eigenvalue weighted by Crippen LogP contribution is 2.30. The quantitative estimate of drug-likeness (QED) is 0.125. The zero-order chi connectivity index (χ0) is 23.7. The lowest BCUT2D eigenvalue weighted by Gasteiger charge is -2.10. The molecule has 0 bridgehead atoms. The Morgan fingerprint density at radius 2 is 1.36 bits per heavy atom. The molecule has 0 heterocycles. The van der Waals surface area contributed by atoms with E-state index in [0.717, 1.165) is 18.4 Å². The minimum atomic E-state index is -0.408. The van der Waals surface area contributed by atoms with Crippen molar-refractivity contribution in [2.45, 2.75) is 77.6 Å². The Bertz CT molecular complexity index is 878. The smallest absolute Gasteiger partial charge is 0.277 e. The number of para-hydroxylation sites is 1. The molecule has 0 aromatic heterocycles. The predicted octanol–water partition coefficient (Wildman–Crippen LogP) is 7.45. The van der Waals surface area contributed by atoms with Crippen molar-refractivity contribution in [2.24, 2.45) is 0 Å². The van der Waals surface area contributed by atoms with Gasteiger partial charge in [0, 0.05) is 24.3 Å². The zero-order valence-corrected chi connectivity index (χ0v) is 19.9. The van der Waals surface area contributed by atoms with Crippen LogP contribution in [0.5, 0.6) is 0 Å². The number of nitro benzene ring substituents is 1. The summed E-state index contributed by atoms with van der Waals surface area (Å²) in [7, 11) is 0. The van der Waals surface area contributed by atoms with Crippen LogP contribution in [0.25, 0.3) is 5.57 Å². The van der Waals surface area contributed by atoms with Gasteiger partial charge in [0.15, 0.2) is 0 Å². The summed E-state index contributed by atoms with van der Waals surface area (Å²) in [5.41, 5.74) is 1.76. The average molecular weight is 451 g/mol. The molecule has 5 heteroatoms. The molecule has 0 unspecified atom stereocenters. The molecule has 2 aromatic rings. The van der Waals surface area contributed by atoms with E-state index in [9.17, 15) is 14.9 Å². The molecule has 1 amide bonds. The maximum absolute atomic E-state index is 12.6. The van der Waals surface area contributed by atoms with Crippen molar-refractivity contribution in [3.63, 3.8) is 0 Å². The number of hydrogen-bond donors (Lipinski definition) is 1. The Morgan fingerprint density at radius 3 is 1.97 bits per heavy atom. The Kier molecular flexibility index (Phi) is 12.6. The van der Waals surface area contributed by atoms with Crippen molar-refractivity contribution in [1.82, 2.24) is 5.32 Å². The van der Waals surface area contributed by atoms with Crippen molar-refractivity contribution in [2.75, 3.05) is 6.54 Å². The number of rotatable bonds is 16. The van der Waals surface area contributed by atoms with Gasteiger partial charge in [-0.3, -0.25) is 14.9 Å². The first kappa shape index (κ1) is 26.3. The van der Waals surface area contributed by atoms with E-state index in [-0.39, 0.29) is 11.6 Å². The minimum Gasteiger partial charge on any atom is -0.353 e. The molecule has 0 aliphatic rings. The van der Waals surface area contributed by atoms with Crippen LogP contribution >= 0.6 is 0 Å². The van der Waals surface area contributed by atoms with Crippen LogP contribution in [-0.4, -0.2) is 17.4 Å². The number of carbonyl (C=O) groups excluding carboxylic acids is 1. The molecule has 33 heavy (non-hydrogen) atoms. The maximum Gasteiger partial charge on any atom is 0.277 e. The second kappa shape index (κ2) is 15.8. The van der Waals surface area contributed by atoms with Crippen molar-refractivity contribution < 1.29 is 9.72 Å². The largest absolute Gasteiger partial charge is 0.353 e. The summed E-state index contributed by atoms with van der Waals surface area (Å²) in [5.74, 6) is -0.223. The number of unbranched alkanes of at least 4 members (excludes halogenated alkanes) is 10. The number of benzene rings is 2. The van der Waals surface area contributed by atoms with E-state index in [1.807, 2.05) is 30.3 Å². The van der Waals surface area contributed by atoms with Crippen LogP contribution in [-0.2, 0) is 4.79 Å².